The van der Waals surface area contributed by atoms with Crippen LogP contribution in [0.15, 0.2) is 35.0 Å². The van der Waals surface area contributed by atoms with Gasteiger partial charge in [0.2, 0.25) is 5.60 Å². The lowest BCUT2D eigenvalue weighted by Crippen LogP contribution is -3.00. The van der Waals surface area contributed by atoms with Crippen LogP contribution in [0.2, 0.25) is 0 Å². The van der Waals surface area contributed by atoms with E-state index in [1.165, 1.54) is 67.7 Å². The molecule has 2 aromatic heterocycles. The summed E-state index contributed by atoms with van der Waals surface area (Å²) in [5.41, 5.74) is -1.71. The molecule has 5 nitrogen and oxygen atoms in total. The Morgan fingerprint density at radius 2 is 1.67 bits per heavy atom. The second kappa shape index (κ2) is 13.3. The molecule has 4 atom stereocenters. The SMILES string of the molecule is CNCCCCCCCC[N+](C)(C)C1CC2CCC1C2OC(=O)C(O)(c1cccs1)c1cccs1.[Br-]. The summed E-state index contributed by atoms with van der Waals surface area (Å²) in [5.74, 6) is 0.291. The summed E-state index contributed by atoms with van der Waals surface area (Å²) < 4.78 is 7.24. The van der Waals surface area contributed by atoms with Crippen LogP contribution in [0.25, 0.3) is 0 Å². The van der Waals surface area contributed by atoms with Crippen LogP contribution in [-0.4, -0.2) is 61.9 Å². The molecule has 36 heavy (non-hydrogen) atoms. The largest absolute Gasteiger partial charge is 1.00 e. The van der Waals surface area contributed by atoms with Crippen molar-refractivity contribution in [2.45, 2.75) is 75.5 Å². The molecule has 2 bridgehead atoms. The van der Waals surface area contributed by atoms with E-state index in [-0.39, 0.29) is 23.1 Å². The molecule has 2 heterocycles. The number of hydrogen-bond acceptors (Lipinski definition) is 6. The van der Waals surface area contributed by atoms with Crippen molar-refractivity contribution in [2.75, 3.05) is 34.2 Å². The number of nitrogens with one attached hydrogen (secondary N) is 1. The van der Waals surface area contributed by atoms with Crippen LogP contribution in [0.3, 0.4) is 0 Å². The third-order valence-electron chi connectivity index (χ3n) is 8.40. The van der Waals surface area contributed by atoms with Gasteiger partial charge in [0.05, 0.1) is 36.4 Å². The third-order valence-corrected chi connectivity index (χ3v) is 10.4. The first kappa shape index (κ1) is 29.8. The van der Waals surface area contributed by atoms with Crippen LogP contribution in [0.4, 0.5) is 0 Å². The summed E-state index contributed by atoms with van der Waals surface area (Å²) in [6, 6.07) is 7.95. The van der Waals surface area contributed by atoms with Crippen molar-refractivity contribution in [3.05, 3.63) is 44.8 Å². The van der Waals surface area contributed by atoms with E-state index in [1.54, 1.807) is 0 Å². The number of quaternary nitrogens is 1. The van der Waals surface area contributed by atoms with E-state index in [0.29, 0.717) is 27.6 Å². The molecule has 2 fully saturated rings. The van der Waals surface area contributed by atoms with Gasteiger partial charge in [-0.15, -0.1) is 22.7 Å². The van der Waals surface area contributed by atoms with Crippen LogP contribution in [0.5, 0.6) is 0 Å². The van der Waals surface area contributed by atoms with Gasteiger partial charge in [-0.25, -0.2) is 4.79 Å². The van der Waals surface area contributed by atoms with E-state index < -0.39 is 11.6 Å². The van der Waals surface area contributed by atoms with E-state index in [9.17, 15) is 9.90 Å². The minimum absolute atomic E-state index is 0. The smallest absolute Gasteiger partial charge is 0.349 e. The van der Waals surface area contributed by atoms with E-state index >= 15 is 0 Å². The number of hydrogen-bond donors (Lipinski definition) is 2. The highest BCUT2D eigenvalue weighted by atomic mass is 79.9. The first-order valence-electron chi connectivity index (χ1n) is 13.4. The summed E-state index contributed by atoms with van der Waals surface area (Å²) in [7, 11) is 6.75. The molecule has 0 aromatic carbocycles. The van der Waals surface area contributed by atoms with Gasteiger partial charge < -0.3 is 36.6 Å². The molecular weight excluding hydrogens is 556 g/mol. The van der Waals surface area contributed by atoms with Crippen molar-refractivity contribution in [1.82, 2.24) is 5.32 Å². The van der Waals surface area contributed by atoms with Crippen LogP contribution < -0.4 is 22.3 Å². The molecule has 0 aliphatic heterocycles. The minimum atomic E-state index is -1.71. The average molecular weight is 600 g/mol. The maximum atomic E-state index is 13.6. The number of unbranched alkanes of at least 4 members (excludes halogenated alkanes) is 5. The number of esters is 1. The molecule has 2 aromatic rings. The molecule has 4 unspecified atom stereocenters. The lowest BCUT2D eigenvalue weighted by atomic mass is 9.92. The Morgan fingerprint density at radius 1 is 1.06 bits per heavy atom. The topological polar surface area (TPSA) is 58.6 Å². The number of halogens is 1. The van der Waals surface area contributed by atoms with Crippen molar-refractivity contribution in [1.29, 1.82) is 0 Å². The zero-order valence-corrected chi connectivity index (χ0v) is 25.2. The highest BCUT2D eigenvalue weighted by Crippen LogP contribution is 2.51. The molecule has 8 heteroatoms. The maximum Gasteiger partial charge on any atom is 0.349 e. The van der Waals surface area contributed by atoms with Gasteiger partial charge in [-0.05, 0) is 68.6 Å². The van der Waals surface area contributed by atoms with Gasteiger partial charge in [0, 0.05) is 18.3 Å². The fourth-order valence-corrected chi connectivity index (χ4v) is 8.13. The van der Waals surface area contributed by atoms with Crippen molar-refractivity contribution in [3.63, 3.8) is 0 Å². The molecular formula is C28H43BrN2O3S2. The van der Waals surface area contributed by atoms with E-state index in [4.69, 9.17) is 4.74 Å². The Bertz CT molecular complexity index is 885. The number of aliphatic hydroxyl groups is 1. The standard InChI is InChI=1S/C28H43N2O3S2.BrH/c1-29-16-8-6-4-5-7-9-17-30(2,3)23-20-21-14-15-22(23)26(21)33-27(31)28(32,24-12-10-18-34-24)25-13-11-19-35-25;/h10-13,18-19,21-23,26,29,32H,4-9,14-17,20H2,1-3H3;1H/q+1;/p-1. The first-order chi connectivity index (χ1) is 16.9. The summed E-state index contributed by atoms with van der Waals surface area (Å²) in [5, 5.41) is 18.7. The zero-order valence-electron chi connectivity index (χ0n) is 22.0. The molecule has 0 amide bonds. The number of nitrogens with zero attached hydrogens (tertiary/aromatic N) is 1. The number of fused-ring (bicyclic) bond motifs is 2. The number of carbonyl (C=O) groups excluding carboxylic acids is 1. The molecule has 2 aliphatic carbocycles. The normalized spacial score (nSPS) is 23.6. The van der Waals surface area contributed by atoms with Crippen molar-refractivity contribution >= 4 is 28.6 Å². The van der Waals surface area contributed by atoms with E-state index in [0.717, 1.165) is 30.3 Å². The first-order valence-corrected chi connectivity index (χ1v) is 15.1. The Balaban J connectivity index is 0.00000361. The fourth-order valence-electron chi connectivity index (χ4n) is 6.41. The predicted octanol–water partition coefficient (Wildman–Crippen LogP) is 2.40. The molecule has 2 N–H and O–H groups in total. The fraction of sp³-hybridized carbons (Fsp3) is 0.679. The molecule has 4 rings (SSSR count). The molecule has 0 saturated heterocycles. The Labute approximate surface area is 235 Å². The van der Waals surface area contributed by atoms with Gasteiger partial charge in [-0.1, -0.05) is 31.4 Å². The summed E-state index contributed by atoms with van der Waals surface area (Å²) in [6.45, 7) is 2.30. The van der Waals surface area contributed by atoms with Crippen LogP contribution in [0, 0.1) is 11.8 Å². The predicted molar refractivity (Wildman–Crippen MR) is 145 cm³/mol. The van der Waals surface area contributed by atoms with Gasteiger partial charge in [-0.3, -0.25) is 0 Å². The highest BCUT2D eigenvalue weighted by Gasteiger charge is 2.57. The second-order valence-corrected chi connectivity index (χ2v) is 13.0. The van der Waals surface area contributed by atoms with Crippen molar-refractivity contribution < 1.29 is 36.1 Å². The van der Waals surface area contributed by atoms with Gasteiger partial charge in [0.1, 0.15) is 6.10 Å². The number of thiophene rings is 2. The van der Waals surface area contributed by atoms with Crippen LogP contribution in [-0.2, 0) is 15.1 Å². The number of rotatable bonds is 14. The van der Waals surface area contributed by atoms with Gasteiger partial charge in [0.15, 0.2) is 0 Å². The van der Waals surface area contributed by atoms with Gasteiger partial charge in [0.25, 0.3) is 0 Å². The highest BCUT2D eigenvalue weighted by molar-refractivity contribution is 7.12. The lowest BCUT2D eigenvalue weighted by Gasteiger charge is -2.40. The monoisotopic (exact) mass is 598 g/mol. The third kappa shape index (κ3) is 6.44. The summed E-state index contributed by atoms with van der Waals surface area (Å²) in [4.78, 5) is 14.8. The maximum absolute atomic E-state index is 13.6. The molecule has 0 radical (unpaired) electrons. The van der Waals surface area contributed by atoms with Gasteiger partial charge >= 0.3 is 5.97 Å². The van der Waals surface area contributed by atoms with E-state index in [1.807, 2.05) is 42.1 Å². The minimum Gasteiger partial charge on any atom is -1.00 e. The quantitative estimate of drug-likeness (QED) is 0.199. The molecule has 202 valence electrons. The summed E-state index contributed by atoms with van der Waals surface area (Å²) in [6.07, 6.45) is 11.1. The Kier molecular flexibility index (Phi) is 11.0. The van der Waals surface area contributed by atoms with Crippen molar-refractivity contribution in [3.8, 4) is 0 Å². The summed E-state index contributed by atoms with van der Waals surface area (Å²) >= 11 is 2.81. The Morgan fingerprint density at radius 3 is 2.25 bits per heavy atom. The Hall–Kier alpha value is -0.770. The lowest BCUT2D eigenvalue weighted by molar-refractivity contribution is -0.918. The molecule has 2 saturated carbocycles. The molecule has 2 aliphatic rings. The van der Waals surface area contributed by atoms with E-state index in [2.05, 4.69) is 19.4 Å². The van der Waals surface area contributed by atoms with Crippen LogP contribution in [0.1, 0.15) is 67.5 Å². The van der Waals surface area contributed by atoms with Gasteiger partial charge in [-0.2, -0.15) is 0 Å². The van der Waals surface area contributed by atoms with Crippen molar-refractivity contribution in [2.24, 2.45) is 11.8 Å². The number of carbonyl (C=O) groups is 1. The number of ether oxygens (including phenoxy) is 1. The van der Waals surface area contributed by atoms with Crippen LogP contribution >= 0.6 is 22.7 Å². The zero-order chi connectivity index (χ0) is 24.9. The average Bonchev–Trinajstić information content (AvgIpc) is 3.65. The second-order valence-electron chi connectivity index (χ2n) is 11.1. The molecule has 0 spiro atoms.